The number of rotatable bonds is 9. The molecular formula is C23H29N3O4. The smallest absolute Gasteiger partial charge is 0.276 e. The molecule has 7 nitrogen and oxygen atoms in total. The molecule has 0 aliphatic heterocycles. The topological polar surface area (TPSA) is 79.9 Å². The molecule has 7 heteroatoms. The number of carbonyl (C=O) groups is 2. The highest BCUT2D eigenvalue weighted by atomic mass is 16.5. The molecule has 0 aromatic heterocycles. The maximum absolute atomic E-state index is 12.2. The molecule has 0 aliphatic carbocycles. The number of hydrogen-bond donors (Lipinski definition) is 2. The summed E-state index contributed by atoms with van der Waals surface area (Å²) in [6.07, 6.45) is 3.85. The Hall–Kier alpha value is -3.48. The summed E-state index contributed by atoms with van der Waals surface area (Å²) >= 11 is 0. The van der Waals surface area contributed by atoms with Crippen molar-refractivity contribution in [2.24, 2.45) is 0 Å². The minimum atomic E-state index is -0.484. The lowest BCUT2D eigenvalue weighted by molar-refractivity contribution is -0.123. The predicted molar refractivity (Wildman–Crippen MR) is 119 cm³/mol. The van der Waals surface area contributed by atoms with Crippen LogP contribution >= 0.6 is 0 Å². The van der Waals surface area contributed by atoms with Gasteiger partial charge in [0.2, 0.25) is 0 Å². The standard InChI is InChI=1S/C23H29N3O4/c1-5-8-17-9-14-20(21(15-17)29-4)30-16-22(27)24-25-23(28)18-10-12-19(13-11-18)26(6-2)7-3/h5,8-15H,6-7,16H2,1-4H3,(H,24,27)(H,25,28)/b8-5+. The highest BCUT2D eigenvalue weighted by Crippen LogP contribution is 2.28. The van der Waals surface area contributed by atoms with Gasteiger partial charge in [-0.1, -0.05) is 18.2 Å². The number of carbonyl (C=O) groups excluding carboxylic acids is 2. The van der Waals surface area contributed by atoms with Gasteiger partial charge in [0, 0.05) is 24.3 Å². The first-order chi connectivity index (χ1) is 14.5. The van der Waals surface area contributed by atoms with Crippen molar-refractivity contribution >= 4 is 23.6 Å². The Morgan fingerprint density at radius 3 is 2.30 bits per heavy atom. The number of allylic oxidation sites excluding steroid dienone is 1. The number of amides is 2. The van der Waals surface area contributed by atoms with E-state index in [0.717, 1.165) is 24.3 Å². The van der Waals surface area contributed by atoms with E-state index >= 15 is 0 Å². The minimum Gasteiger partial charge on any atom is -0.493 e. The van der Waals surface area contributed by atoms with E-state index in [1.54, 1.807) is 18.2 Å². The van der Waals surface area contributed by atoms with E-state index in [4.69, 9.17) is 9.47 Å². The molecule has 2 aromatic carbocycles. The van der Waals surface area contributed by atoms with Crippen LogP contribution in [0.15, 0.2) is 48.5 Å². The Bertz CT molecular complexity index is 875. The summed E-state index contributed by atoms with van der Waals surface area (Å²) in [6.45, 7) is 7.60. The number of ether oxygens (including phenoxy) is 2. The summed E-state index contributed by atoms with van der Waals surface area (Å²) < 4.78 is 10.8. The fourth-order valence-electron chi connectivity index (χ4n) is 2.89. The second-order valence-corrected chi connectivity index (χ2v) is 6.42. The average Bonchev–Trinajstić information content (AvgIpc) is 2.78. The van der Waals surface area contributed by atoms with E-state index in [1.807, 2.05) is 43.3 Å². The van der Waals surface area contributed by atoms with E-state index in [1.165, 1.54) is 7.11 Å². The van der Waals surface area contributed by atoms with Gasteiger partial charge >= 0.3 is 0 Å². The summed E-state index contributed by atoms with van der Waals surface area (Å²) in [5, 5.41) is 0. The van der Waals surface area contributed by atoms with Crippen LogP contribution in [0.1, 0.15) is 36.7 Å². The zero-order chi connectivity index (χ0) is 21.9. The Balaban J connectivity index is 1.86. The second-order valence-electron chi connectivity index (χ2n) is 6.42. The first-order valence-electron chi connectivity index (χ1n) is 9.90. The molecule has 0 radical (unpaired) electrons. The molecule has 0 heterocycles. The van der Waals surface area contributed by atoms with Gasteiger partial charge in [-0.3, -0.25) is 20.4 Å². The van der Waals surface area contributed by atoms with Crippen molar-refractivity contribution in [2.45, 2.75) is 20.8 Å². The van der Waals surface area contributed by atoms with Gasteiger partial charge in [-0.05, 0) is 62.7 Å². The quantitative estimate of drug-likeness (QED) is 0.618. The van der Waals surface area contributed by atoms with Crippen molar-refractivity contribution in [1.82, 2.24) is 10.9 Å². The van der Waals surface area contributed by atoms with Crippen molar-refractivity contribution in [3.05, 3.63) is 59.7 Å². The molecule has 160 valence electrons. The van der Waals surface area contributed by atoms with Crippen LogP contribution in [-0.4, -0.2) is 38.6 Å². The van der Waals surface area contributed by atoms with Gasteiger partial charge in [0.15, 0.2) is 18.1 Å². The molecule has 2 amide bonds. The SMILES string of the molecule is C/C=C/c1ccc(OCC(=O)NNC(=O)c2ccc(N(CC)CC)cc2)c(OC)c1. The summed E-state index contributed by atoms with van der Waals surface area (Å²) in [5.41, 5.74) is 7.21. The minimum absolute atomic E-state index is 0.263. The van der Waals surface area contributed by atoms with Gasteiger partial charge in [0.1, 0.15) is 0 Å². The average molecular weight is 412 g/mol. The second kappa shape index (κ2) is 11.5. The van der Waals surface area contributed by atoms with Crippen LogP contribution < -0.4 is 25.2 Å². The summed E-state index contributed by atoms with van der Waals surface area (Å²) in [6, 6.07) is 12.6. The molecule has 0 aliphatic rings. The van der Waals surface area contributed by atoms with Crippen LogP contribution in [0.2, 0.25) is 0 Å². The third-order valence-electron chi connectivity index (χ3n) is 4.48. The van der Waals surface area contributed by atoms with E-state index < -0.39 is 11.8 Å². The molecule has 2 N–H and O–H groups in total. The van der Waals surface area contributed by atoms with Crippen LogP contribution in [0.5, 0.6) is 11.5 Å². The molecule has 0 saturated carbocycles. The van der Waals surface area contributed by atoms with Crippen molar-refractivity contribution in [1.29, 1.82) is 0 Å². The summed E-state index contributed by atoms with van der Waals surface area (Å²) in [4.78, 5) is 26.4. The highest BCUT2D eigenvalue weighted by Gasteiger charge is 2.11. The van der Waals surface area contributed by atoms with E-state index in [9.17, 15) is 9.59 Å². The summed E-state index contributed by atoms with van der Waals surface area (Å²) in [7, 11) is 1.54. The lowest BCUT2D eigenvalue weighted by Crippen LogP contribution is -2.43. The molecule has 0 bridgehead atoms. The van der Waals surface area contributed by atoms with Crippen LogP contribution in [0, 0.1) is 0 Å². The van der Waals surface area contributed by atoms with E-state index in [-0.39, 0.29) is 6.61 Å². The Morgan fingerprint density at radius 1 is 1.00 bits per heavy atom. The van der Waals surface area contributed by atoms with Gasteiger partial charge in [-0.25, -0.2) is 0 Å². The molecule has 0 saturated heterocycles. The van der Waals surface area contributed by atoms with Gasteiger partial charge in [-0.15, -0.1) is 0 Å². The number of benzene rings is 2. The molecule has 0 spiro atoms. The van der Waals surface area contributed by atoms with Gasteiger partial charge < -0.3 is 14.4 Å². The number of hydrazine groups is 1. The van der Waals surface area contributed by atoms with Crippen molar-refractivity contribution in [2.75, 3.05) is 31.7 Å². The van der Waals surface area contributed by atoms with Crippen LogP contribution in [0.3, 0.4) is 0 Å². The molecular weight excluding hydrogens is 382 g/mol. The number of methoxy groups -OCH3 is 1. The Kier molecular flexibility index (Phi) is 8.75. The maximum Gasteiger partial charge on any atom is 0.276 e. The third kappa shape index (κ3) is 6.27. The molecule has 0 atom stereocenters. The fraction of sp³-hybridized carbons (Fsp3) is 0.304. The first kappa shape index (κ1) is 22.8. The molecule has 2 aromatic rings. The summed E-state index contributed by atoms with van der Waals surface area (Å²) in [5.74, 6) is 0.0837. The number of hydrogen-bond acceptors (Lipinski definition) is 5. The fourth-order valence-corrected chi connectivity index (χ4v) is 2.89. The van der Waals surface area contributed by atoms with Crippen molar-refractivity contribution in [3.63, 3.8) is 0 Å². The highest BCUT2D eigenvalue weighted by molar-refractivity contribution is 5.95. The zero-order valence-corrected chi connectivity index (χ0v) is 17.9. The lowest BCUT2D eigenvalue weighted by Gasteiger charge is -2.21. The Morgan fingerprint density at radius 2 is 1.70 bits per heavy atom. The van der Waals surface area contributed by atoms with Gasteiger partial charge in [0.25, 0.3) is 11.8 Å². The number of nitrogens with one attached hydrogen (secondary N) is 2. The normalized spacial score (nSPS) is 10.5. The van der Waals surface area contributed by atoms with E-state index in [0.29, 0.717) is 17.1 Å². The number of nitrogens with zero attached hydrogens (tertiary/aromatic N) is 1. The van der Waals surface area contributed by atoms with Gasteiger partial charge in [-0.2, -0.15) is 0 Å². The third-order valence-corrected chi connectivity index (χ3v) is 4.48. The largest absolute Gasteiger partial charge is 0.493 e. The first-order valence-corrected chi connectivity index (χ1v) is 9.90. The molecule has 0 unspecified atom stereocenters. The van der Waals surface area contributed by atoms with Crippen molar-refractivity contribution < 1.29 is 19.1 Å². The van der Waals surface area contributed by atoms with Crippen LogP contribution in [-0.2, 0) is 4.79 Å². The zero-order valence-electron chi connectivity index (χ0n) is 17.9. The van der Waals surface area contributed by atoms with Gasteiger partial charge in [0.05, 0.1) is 7.11 Å². The van der Waals surface area contributed by atoms with Crippen LogP contribution in [0.4, 0.5) is 5.69 Å². The van der Waals surface area contributed by atoms with E-state index in [2.05, 4.69) is 29.6 Å². The molecule has 0 fully saturated rings. The lowest BCUT2D eigenvalue weighted by atomic mass is 10.2. The molecule has 2 rings (SSSR count). The predicted octanol–water partition coefficient (Wildman–Crippen LogP) is 3.41. The van der Waals surface area contributed by atoms with Crippen LogP contribution in [0.25, 0.3) is 6.08 Å². The maximum atomic E-state index is 12.2. The monoisotopic (exact) mass is 411 g/mol. The molecule has 30 heavy (non-hydrogen) atoms. The van der Waals surface area contributed by atoms with Crippen molar-refractivity contribution in [3.8, 4) is 11.5 Å². The number of anilines is 1. The Labute approximate surface area is 177 Å².